The van der Waals surface area contributed by atoms with Crippen LogP contribution in [0.15, 0.2) is 18.2 Å². The fourth-order valence-electron chi connectivity index (χ4n) is 2.15. The topological polar surface area (TPSA) is 58.4 Å². The first-order valence-electron chi connectivity index (χ1n) is 6.05. The Bertz CT molecular complexity index is 449. The molecular weight excluding hydrogens is 254 g/mol. The van der Waals surface area contributed by atoms with Gasteiger partial charge in [0.2, 0.25) is 0 Å². The van der Waals surface area contributed by atoms with Crippen molar-refractivity contribution in [3.63, 3.8) is 0 Å². The Morgan fingerprint density at radius 3 is 2.78 bits per heavy atom. The summed E-state index contributed by atoms with van der Waals surface area (Å²) < 4.78 is 0. The van der Waals surface area contributed by atoms with Crippen LogP contribution in [0.4, 0.5) is 11.4 Å². The number of benzene rings is 1. The molecule has 0 aromatic heterocycles. The van der Waals surface area contributed by atoms with Crippen LogP contribution in [0.25, 0.3) is 0 Å². The Morgan fingerprint density at radius 1 is 1.56 bits per heavy atom. The van der Waals surface area contributed by atoms with Gasteiger partial charge in [-0.1, -0.05) is 24.6 Å². The van der Waals surface area contributed by atoms with Gasteiger partial charge in [0.25, 0.3) is 5.69 Å². The predicted molar refractivity (Wildman–Crippen MR) is 72.4 cm³/mol. The molecular formula is C12H16ClN3O2. The molecule has 1 heterocycles. The van der Waals surface area contributed by atoms with E-state index in [2.05, 4.69) is 17.1 Å². The molecule has 1 saturated heterocycles. The zero-order valence-corrected chi connectivity index (χ0v) is 11.0. The van der Waals surface area contributed by atoms with Gasteiger partial charge in [-0.15, -0.1) is 0 Å². The molecule has 1 N–H and O–H groups in total. The van der Waals surface area contributed by atoms with Gasteiger partial charge in [0.05, 0.1) is 16.0 Å². The highest BCUT2D eigenvalue weighted by molar-refractivity contribution is 6.33. The van der Waals surface area contributed by atoms with Crippen LogP contribution in [0.1, 0.15) is 13.3 Å². The lowest BCUT2D eigenvalue weighted by molar-refractivity contribution is -0.384. The van der Waals surface area contributed by atoms with Crippen molar-refractivity contribution in [1.82, 2.24) is 5.32 Å². The zero-order valence-electron chi connectivity index (χ0n) is 10.2. The van der Waals surface area contributed by atoms with Crippen LogP contribution in [0.5, 0.6) is 0 Å². The molecule has 6 heteroatoms. The number of rotatable bonds is 5. The highest BCUT2D eigenvalue weighted by Gasteiger charge is 2.30. The highest BCUT2D eigenvalue weighted by atomic mass is 35.5. The van der Waals surface area contributed by atoms with Gasteiger partial charge in [-0.25, -0.2) is 0 Å². The maximum Gasteiger partial charge on any atom is 0.294 e. The van der Waals surface area contributed by atoms with Crippen molar-refractivity contribution in [2.75, 3.05) is 24.5 Å². The van der Waals surface area contributed by atoms with E-state index in [0.29, 0.717) is 16.8 Å². The van der Waals surface area contributed by atoms with E-state index in [1.807, 2.05) is 0 Å². The van der Waals surface area contributed by atoms with E-state index in [1.165, 1.54) is 6.07 Å². The summed E-state index contributed by atoms with van der Waals surface area (Å²) in [4.78, 5) is 12.8. The van der Waals surface area contributed by atoms with E-state index >= 15 is 0 Å². The molecule has 1 aromatic rings. The summed E-state index contributed by atoms with van der Waals surface area (Å²) in [6.07, 6.45) is 0.929. The van der Waals surface area contributed by atoms with E-state index in [-0.39, 0.29) is 10.6 Å². The van der Waals surface area contributed by atoms with E-state index < -0.39 is 0 Å². The molecule has 0 unspecified atom stereocenters. The second-order valence-corrected chi connectivity index (χ2v) is 4.78. The summed E-state index contributed by atoms with van der Waals surface area (Å²) in [6, 6.07) is 5.13. The van der Waals surface area contributed by atoms with Crippen LogP contribution in [0.3, 0.4) is 0 Å². The van der Waals surface area contributed by atoms with Gasteiger partial charge in [-0.2, -0.15) is 0 Å². The van der Waals surface area contributed by atoms with Crippen molar-refractivity contribution < 1.29 is 4.92 Å². The molecule has 0 radical (unpaired) electrons. The van der Waals surface area contributed by atoms with Gasteiger partial charge < -0.3 is 10.2 Å². The molecule has 0 saturated carbocycles. The quantitative estimate of drug-likeness (QED) is 0.659. The number of hydrogen-bond donors (Lipinski definition) is 1. The van der Waals surface area contributed by atoms with Gasteiger partial charge in [0, 0.05) is 25.7 Å². The molecule has 18 heavy (non-hydrogen) atoms. The summed E-state index contributed by atoms with van der Waals surface area (Å²) in [5, 5.41) is 14.7. The average Bonchev–Trinajstić information content (AvgIpc) is 2.25. The maximum absolute atomic E-state index is 11.1. The summed E-state index contributed by atoms with van der Waals surface area (Å²) in [6.45, 7) is 4.53. The minimum atomic E-state index is -0.365. The second kappa shape index (κ2) is 5.54. The maximum atomic E-state index is 11.1. The van der Waals surface area contributed by atoms with Crippen LogP contribution >= 0.6 is 11.6 Å². The normalized spacial score (nSPS) is 15.2. The van der Waals surface area contributed by atoms with Gasteiger partial charge in [0.1, 0.15) is 5.69 Å². The largest absolute Gasteiger partial charge is 0.359 e. The molecule has 0 aliphatic carbocycles. The van der Waals surface area contributed by atoms with Crippen molar-refractivity contribution in [3.05, 3.63) is 33.3 Å². The minimum absolute atomic E-state index is 0.0860. The Morgan fingerprint density at radius 2 is 2.28 bits per heavy atom. The molecule has 1 aromatic carbocycles. The summed E-state index contributed by atoms with van der Waals surface area (Å²) in [7, 11) is 0. The van der Waals surface area contributed by atoms with Gasteiger partial charge in [0.15, 0.2) is 0 Å². The van der Waals surface area contributed by atoms with E-state index in [0.717, 1.165) is 26.1 Å². The third kappa shape index (κ3) is 2.42. The van der Waals surface area contributed by atoms with Crippen molar-refractivity contribution in [3.8, 4) is 0 Å². The lowest BCUT2D eigenvalue weighted by atomic mass is 10.1. The number of para-hydroxylation sites is 1. The van der Waals surface area contributed by atoms with Crippen LogP contribution in [-0.2, 0) is 0 Å². The van der Waals surface area contributed by atoms with Crippen molar-refractivity contribution >= 4 is 23.0 Å². The molecule has 0 bridgehead atoms. The number of nitro benzene ring substituents is 1. The third-order valence-corrected chi connectivity index (χ3v) is 3.42. The Balaban J connectivity index is 2.41. The number of hydrogen-bond acceptors (Lipinski definition) is 4. The van der Waals surface area contributed by atoms with Crippen LogP contribution in [-0.4, -0.2) is 30.6 Å². The molecule has 0 amide bonds. The summed E-state index contributed by atoms with van der Waals surface area (Å²) in [5.74, 6) is 0. The Hall–Kier alpha value is -1.33. The number of nitrogens with one attached hydrogen (secondary N) is 1. The molecule has 1 aliphatic heterocycles. The lowest BCUT2D eigenvalue weighted by Crippen LogP contribution is -2.57. The first-order chi connectivity index (χ1) is 8.65. The molecule has 1 aliphatic rings. The van der Waals surface area contributed by atoms with Gasteiger partial charge in [-0.05, 0) is 12.5 Å². The van der Waals surface area contributed by atoms with Crippen molar-refractivity contribution in [1.29, 1.82) is 0 Å². The standard InChI is InChI=1S/C12H16ClN3O2/c1-2-6-15(9-7-14-8-9)12-10(13)4-3-5-11(12)16(17)18/h3-5,9,14H,2,6-8H2,1H3. The van der Waals surface area contributed by atoms with Crippen LogP contribution < -0.4 is 10.2 Å². The smallest absolute Gasteiger partial charge is 0.294 e. The number of halogens is 1. The number of anilines is 1. The van der Waals surface area contributed by atoms with Crippen LogP contribution in [0.2, 0.25) is 5.02 Å². The fraction of sp³-hybridized carbons (Fsp3) is 0.500. The molecule has 98 valence electrons. The average molecular weight is 270 g/mol. The first-order valence-corrected chi connectivity index (χ1v) is 6.43. The molecule has 0 spiro atoms. The predicted octanol–water partition coefficient (Wildman–Crippen LogP) is 2.44. The number of nitro groups is 1. The lowest BCUT2D eigenvalue weighted by Gasteiger charge is -2.39. The molecule has 0 atom stereocenters. The van der Waals surface area contributed by atoms with Gasteiger partial charge in [-0.3, -0.25) is 10.1 Å². The number of nitrogens with zero attached hydrogens (tertiary/aromatic N) is 2. The summed E-state index contributed by atoms with van der Waals surface area (Å²) in [5.41, 5.74) is 0.639. The van der Waals surface area contributed by atoms with E-state index in [1.54, 1.807) is 12.1 Å². The second-order valence-electron chi connectivity index (χ2n) is 4.37. The van der Waals surface area contributed by atoms with Crippen molar-refractivity contribution in [2.24, 2.45) is 0 Å². The van der Waals surface area contributed by atoms with E-state index in [4.69, 9.17) is 11.6 Å². The molecule has 2 rings (SSSR count). The first kappa shape index (κ1) is 13.1. The van der Waals surface area contributed by atoms with Crippen LogP contribution in [0, 0.1) is 10.1 Å². The Kier molecular flexibility index (Phi) is 4.04. The highest BCUT2D eigenvalue weighted by Crippen LogP contribution is 2.37. The fourth-order valence-corrected chi connectivity index (χ4v) is 2.43. The van der Waals surface area contributed by atoms with Crippen molar-refractivity contribution in [2.45, 2.75) is 19.4 Å². The Labute approximate surface area is 111 Å². The molecule has 1 fully saturated rings. The minimum Gasteiger partial charge on any atom is -0.359 e. The molecule has 5 nitrogen and oxygen atoms in total. The van der Waals surface area contributed by atoms with E-state index in [9.17, 15) is 10.1 Å². The summed E-state index contributed by atoms with van der Waals surface area (Å²) >= 11 is 6.16. The SMILES string of the molecule is CCCN(c1c(Cl)cccc1[N+](=O)[O-])C1CNC1. The monoisotopic (exact) mass is 269 g/mol. The third-order valence-electron chi connectivity index (χ3n) is 3.11. The van der Waals surface area contributed by atoms with Gasteiger partial charge >= 0.3 is 0 Å². The zero-order chi connectivity index (χ0) is 13.1.